The Kier molecular flexibility index (Phi) is 3.98. The van der Waals surface area contributed by atoms with Crippen LogP contribution in [0.5, 0.6) is 0 Å². The Balaban J connectivity index is 2.06. The summed E-state index contributed by atoms with van der Waals surface area (Å²) < 4.78 is 31.3. The summed E-state index contributed by atoms with van der Waals surface area (Å²) in [6.07, 6.45) is 2.66. The lowest BCUT2D eigenvalue weighted by molar-refractivity contribution is -0.114. The van der Waals surface area contributed by atoms with Crippen LogP contribution < -0.4 is 10.0 Å². The number of carbonyl (C=O) groups is 1. The molecule has 2 rings (SSSR count). The molecule has 2 heterocycles. The average Bonchev–Trinajstić information content (AvgIpc) is 2.96. The molecular formula is C10H11N3O4S2. The summed E-state index contributed by atoms with van der Waals surface area (Å²) in [5.41, 5.74) is 0. The molecule has 1 amide bonds. The van der Waals surface area contributed by atoms with E-state index in [1.54, 1.807) is 12.1 Å². The number of amides is 1. The second-order valence-electron chi connectivity index (χ2n) is 3.57. The van der Waals surface area contributed by atoms with Gasteiger partial charge in [0.2, 0.25) is 5.91 Å². The zero-order valence-electron chi connectivity index (χ0n) is 9.91. The zero-order chi connectivity index (χ0) is 13.9. The number of nitrogens with one attached hydrogen (secondary N) is 2. The molecule has 0 radical (unpaired) electrons. The molecule has 0 aliphatic carbocycles. The molecule has 7 nitrogen and oxygen atoms in total. The van der Waals surface area contributed by atoms with E-state index in [-0.39, 0.29) is 21.8 Å². The fourth-order valence-corrected chi connectivity index (χ4v) is 3.36. The van der Waals surface area contributed by atoms with E-state index in [1.807, 2.05) is 0 Å². The fraction of sp³-hybridized carbons (Fsp3) is 0.200. The lowest BCUT2D eigenvalue weighted by Gasteiger charge is -2.01. The van der Waals surface area contributed by atoms with Crippen LogP contribution in [0.25, 0.3) is 0 Å². The molecule has 102 valence electrons. The van der Waals surface area contributed by atoms with Crippen LogP contribution in [0.2, 0.25) is 0 Å². The van der Waals surface area contributed by atoms with Crippen LogP contribution in [0, 0.1) is 0 Å². The van der Waals surface area contributed by atoms with Gasteiger partial charge in [-0.3, -0.25) is 4.79 Å². The minimum absolute atomic E-state index is 0.0304. The summed E-state index contributed by atoms with van der Waals surface area (Å²) >= 11 is 0.881. The van der Waals surface area contributed by atoms with E-state index < -0.39 is 10.0 Å². The van der Waals surface area contributed by atoms with E-state index in [2.05, 4.69) is 15.0 Å². The summed E-state index contributed by atoms with van der Waals surface area (Å²) in [7, 11) is -3.66. The van der Waals surface area contributed by atoms with Crippen LogP contribution in [0.15, 0.2) is 33.2 Å². The Morgan fingerprint density at radius 2 is 2.32 bits per heavy atom. The van der Waals surface area contributed by atoms with Gasteiger partial charge in [0, 0.05) is 6.92 Å². The number of thiazole rings is 1. The molecule has 0 fully saturated rings. The van der Waals surface area contributed by atoms with Crippen LogP contribution in [0.4, 0.5) is 5.13 Å². The van der Waals surface area contributed by atoms with Crippen LogP contribution in [-0.2, 0) is 21.4 Å². The van der Waals surface area contributed by atoms with Crippen molar-refractivity contribution in [1.82, 2.24) is 9.71 Å². The Labute approximate surface area is 113 Å². The van der Waals surface area contributed by atoms with Crippen molar-refractivity contribution in [2.45, 2.75) is 17.7 Å². The van der Waals surface area contributed by atoms with Gasteiger partial charge < -0.3 is 9.73 Å². The van der Waals surface area contributed by atoms with E-state index in [4.69, 9.17) is 4.42 Å². The number of sulfonamides is 1. The zero-order valence-corrected chi connectivity index (χ0v) is 11.5. The molecule has 0 aliphatic rings. The number of anilines is 1. The first-order valence-electron chi connectivity index (χ1n) is 5.23. The quantitative estimate of drug-likeness (QED) is 0.863. The molecule has 19 heavy (non-hydrogen) atoms. The monoisotopic (exact) mass is 301 g/mol. The van der Waals surface area contributed by atoms with Gasteiger partial charge in [-0.25, -0.2) is 18.1 Å². The van der Waals surface area contributed by atoms with Gasteiger partial charge in [0.15, 0.2) is 9.34 Å². The van der Waals surface area contributed by atoms with Crippen molar-refractivity contribution in [3.8, 4) is 0 Å². The predicted octanol–water partition coefficient (Wildman–Crippen LogP) is 1.17. The lowest BCUT2D eigenvalue weighted by atomic mass is 10.5. The SMILES string of the molecule is CC(=O)Nc1ncc(S(=O)(=O)NCc2ccco2)s1. The molecule has 0 atom stereocenters. The predicted molar refractivity (Wildman–Crippen MR) is 69.2 cm³/mol. The third kappa shape index (κ3) is 3.63. The van der Waals surface area contributed by atoms with Gasteiger partial charge in [0.25, 0.3) is 10.0 Å². The van der Waals surface area contributed by atoms with E-state index in [9.17, 15) is 13.2 Å². The van der Waals surface area contributed by atoms with Crippen LogP contribution in [0.1, 0.15) is 12.7 Å². The normalized spacial score (nSPS) is 11.4. The minimum atomic E-state index is -3.66. The summed E-state index contributed by atoms with van der Waals surface area (Å²) in [4.78, 5) is 14.6. The molecule has 2 N–H and O–H groups in total. The molecule has 9 heteroatoms. The summed E-state index contributed by atoms with van der Waals surface area (Å²) in [5, 5.41) is 2.67. The summed E-state index contributed by atoms with van der Waals surface area (Å²) in [5.74, 6) is 0.206. The topological polar surface area (TPSA) is 101 Å². The van der Waals surface area contributed by atoms with Crippen LogP contribution in [-0.4, -0.2) is 19.3 Å². The maximum Gasteiger partial charge on any atom is 0.252 e. The van der Waals surface area contributed by atoms with Crippen molar-refractivity contribution >= 4 is 32.4 Å². The molecule has 0 spiro atoms. The number of aromatic nitrogens is 1. The van der Waals surface area contributed by atoms with E-state index in [0.717, 1.165) is 11.3 Å². The average molecular weight is 301 g/mol. The van der Waals surface area contributed by atoms with Crippen molar-refractivity contribution in [3.05, 3.63) is 30.4 Å². The Bertz CT molecular complexity index is 661. The van der Waals surface area contributed by atoms with E-state index in [0.29, 0.717) is 5.76 Å². The number of carbonyl (C=O) groups excluding carboxylic acids is 1. The number of hydrogen-bond acceptors (Lipinski definition) is 6. The van der Waals surface area contributed by atoms with Gasteiger partial charge in [-0.2, -0.15) is 0 Å². The van der Waals surface area contributed by atoms with Gasteiger partial charge >= 0.3 is 0 Å². The highest BCUT2D eigenvalue weighted by Crippen LogP contribution is 2.22. The lowest BCUT2D eigenvalue weighted by Crippen LogP contribution is -2.22. The summed E-state index contributed by atoms with van der Waals surface area (Å²) in [6, 6.07) is 3.34. The van der Waals surface area contributed by atoms with Crippen molar-refractivity contribution in [1.29, 1.82) is 0 Å². The second kappa shape index (κ2) is 5.51. The highest BCUT2D eigenvalue weighted by molar-refractivity contribution is 7.91. The van der Waals surface area contributed by atoms with Crippen molar-refractivity contribution in [2.75, 3.05) is 5.32 Å². The van der Waals surface area contributed by atoms with Gasteiger partial charge in [-0.05, 0) is 12.1 Å². The Morgan fingerprint density at radius 3 is 2.95 bits per heavy atom. The van der Waals surface area contributed by atoms with Crippen molar-refractivity contribution in [2.24, 2.45) is 0 Å². The Morgan fingerprint density at radius 1 is 1.53 bits per heavy atom. The molecule has 0 aliphatic heterocycles. The summed E-state index contributed by atoms with van der Waals surface area (Å²) in [6.45, 7) is 1.38. The van der Waals surface area contributed by atoms with E-state index >= 15 is 0 Å². The maximum atomic E-state index is 11.9. The molecule has 0 unspecified atom stereocenters. The first-order chi connectivity index (χ1) is 8.97. The smallest absolute Gasteiger partial charge is 0.252 e. The standard InChI is InChI=1S/C10H11N3O4S2/c1-7(14)13-10-11-6-9(18-10)19(15,16)12-5-8-3-2-4-17-8/h2-4,6,12H,5H2,1H3,(H,11,13,14). The maximum absolute atomic E-state index is 11.9. The first kappa shape index (κ1) is 13.7. The Hall–Kier alpha value is -1.71. The molecule has 0 saturated carbocycles. The third-order valence-electron chi connectivity index (χ3n) is 2.05. The highest BCUT2D eigenvalue weighted by Gasteiger charge is 2.18. The number of furan rings is 1. The molecule has 0 saturated heterocycles. The third-order valence-corrected chi connectivity index (χ3v) is 4.82. The van der Waals surface area contributed by atoms with Crippen LogP contribution >= 0.6 is 11.3 Å². The van der Waals surface area contributed by atoms with Crippen LogP contribution in [0.3, 0.4) is 0 Å². The van der Waals surface area contributed by atoms with E-state index in [1.165, 1.54) is 19.4 Å². The second-order valence-corrected chi connectivity index (χ2v) is 6.59. The first-order valence-corrected chi connectivity index (χ1v) is 7.53. The van der Waals surface area contributed by atoms with Gasteiger partial charge in [0.1, 0.15) is 5.76 Å². The molecule has 2 aromatic rings. The van der Waals surface area contributed by atoms with Crippen molar-refractivity contribution < 1.29 is 17.6 Å². The molecule has 0 bridgehead atoms. The van der Waals surface area contributed by atoms with Gasteiger partial charge in [-0.15, -0.1) is 0 Å². The highest BCUT2D eigenvalue weighted by atomic mass is 32.2. The number of hydrogen-bond donors (Lipinski definition) is 2. The minimum Gasteiger partial charge on any atom is -0.468 e. The number of rotatable bonds is 5. The molecule has 2 aromatic heterocycles. The van der Waals surface area contributed by atoms with Crippen molar-refractivity contribution in [3.63, 3.8) is 0 Å². The fourth-order valence-electron chi connectivity index (χ4n) is 1.24. The largest absolute Gasteiger partial charge is 0.468 e. The van der Waals surface area contributed by atoms with Gasteiger partial charge in [-0.1, -0.05) is 11.3 Å². The number of nitrogens with zero attached hydrogens (tertiary/aromatic N) is 1. The molecular weight excluding hydrogens is 290 g/mol. The molecule has 0 aromatic carbocycles. The van der Waals surface area contributed by atoms with Gasteiger partial charge in [0.05, 0.1) is 19.0 Å².